The number of aliphatic hydroxyl groups excluding tert-OH is 11. The largest absolute Gasteiger partial charge is 0.394 e. The molecule has 3 fully saturated rings. The van der Waals surface area contributed by atoms with Crippen LogP contribution in [-0.2, 0) is 33.2 Å². The topological polar surface area (TPSA) is 307 Å². The molecule has 618 valence electrons. The number of carbonyl (C=O) groups is 1. The normalized spacial score (nSPS) is 25.9. The second-order valence-electron chi connectivity index (χ2n) is 31.3. The monoisotopic (exact) mass is 1500 g/mol. The standard InChI is InChI=1S/C86H161NO18/c1-3-5-7-9-11-13-15-17-19-21-23-25-27-28-29-30-31-32-33-34-35-36-37-38-39-40-42-44-46-48-50-52-54-56-58-60-62-64-74(92)87-69(70(91)63-61-59-57-55-53-51-49-47-45-43-41-26-24-22-20-18-16-14-12-10-8-6-4-2)68-100-84-80(98)77(95)82(72(66-89)102-84)105-86-81(99)78(96)83(73(67-90)103-86)104-85-79(97)76(94)75(93)71(65-88)101-85/h45,47,53,55,61,63,69-73,75-86,88-91,93-99H,3-44,46,48-52,54,56-60,62,64-68H2,1-2H3,(H,87,92)/b47-45+,55-53+,63-61+. The highest BCUT2D eigenvalue weighted by atomic mass is 16.8. The first-order valence-corrected chi connectivity index (χ1v) is 43.7. The van der Waals surface area contributed by atoms with Crippen LogP contribution in [0.3, 0.4) is 0 Å². The molecule has 17 atom stereocenters. The summed E-state index contributed by atoms with van der Waals surface area (Å²) in [5, 5.41) is 121. The van der Waals surface area contributed by atoms with E-state index in [-0.39, 0.29) is 18.9 Å². The number of hydrogen-bond donors (Lipinski definition) is 12. The quantitative estimate of drug-likeness (QED) is 0.0199. The second-order valence-corrected chi connectivity index (χ2v) is 31.3. The van der Waals surface area contributed by atoms with E-state index in [0.29, 0.717) is 12.8 Å². The van der Waals surface area contributed by atoms with Gasteiger partial charge in [0, 0.05) is 6.42 Å². The number of unbranched alkanes of at least 4 members (excludes halogenated alkanes) is 51. The lowest BCUT2D eigenvalue weighted by Gasteiger charge is -2.48. The van der Waals surface area contributed by atoms with Gasteiger partial charge in [0.2, 0.25) is 5.91 Å². The van der Waals surface area contributed by atoms with Gasteiger partial charge in [-0.05, 0) is 44.9 Å². The number of aliphatic hydroxyl groups is 11. The molecule has 12 N–H and O–H groups in total. The van der Waals surface area contributed by atoms with E-state index in [0.717, 1.165) is 44.9 Å². The maximum atomic E-state index is 13.5. The van der Waals surface area contributed by atoms with Crippen molar-refractivity contribution in [3.05, 3.63) is 36.5 Å². The molecule has 19 nitrogen and oxygen atoms in total. The van der Waals surface area contributed by atoms with Crippen molar-refractivity contribution in [2.75, 3.05) is 26.4 Å². The third-order valence-corrected chi connectivity index (χ3v) is 21.9. The van der Waals surface area contributed by atoms with Crippen LogP contribution in [0.25, 0.3) is 0 Å². The van der Waals surface area contributed by atoms with Gasteiger partial charge < -0.3 is 89.9 Å². The molecule has 0 saturated carbocycles. The van der Waals surface area contributed by atoms with E-state index in [2.05, 4.69) is 43.5 Å². The van der Waals surface area contributed by atoms with Crippen molar-refractivity contribution in [2.45, 2.75) is 478 Å². The summed E-state index contributed by atoms with van der Waals surface area (Å²) in [7, 11) is 0. The summed E-state index contributed by atoms with van der Waals surface area (Å²) in [6, 6.07) is -0.996. The van der Waals surface area contributed by atoms with Gasteiger partial charge in [0.25, 0.3) is 0 Å². The number of allylic oxidation sites excluding steroid dienone is 5. The number of hydrogen-bond acceptors (Lipinski definition) is 18. The van der Waals surface area contributed by atoms with Gasteiger partial charge in [-0.1, -0.05) is 359 Å². The third kappa shape index (κ3) is 46.0. The zero-order valence-corrected chi connectivity index (χ0v) is 66.5. The SMILES string of the molecule is CCCCCCCCCCCCCCC/C=C/CC/C=C/CC/C=C/C(O)C(COC1OC(CO)C(OC2OC(CO)C(OC3OC(CO)C(O)C(O)C3O)C(O)C2O)C(O)C1O)NC(=O)CCCCCCCCCCCCCCCCCCCCCCCCCCCCCCCCCCCCCCC. The first-order chi connectivity index (χ1) is 51.3. The van der Waals surface area contributed by atoms with E-state index in [1.807, 2.05) is 6.08 Å². The van der Waals surface area contributed by atoms with Gasteiger partial charge >= 0.3 is 0 Å². The molecule has 105 heavy (non-hydrogen) atoms. The van der Waals surface area contributed by atoms with E-state index in [1.54, 1.807) is 6.08 Å². The summed E-state index contributed by atoms with van der Waals surface area (Å²) in [4.78, 5) is 13.5. The van der Waals surface area contributed by atoms with Crippen LogP contribution in [0.4, 0.5) is 0 Å². The molecule has 0 radical (unpaired) electrons. The molecule has 3 saturated heterocycles. The van der Waals surface area contributed by atoms with Crippen LogP contribution in [0.2, 0.25) is 0 Å². The first-order valence-electron chi connectivity index (χ1n) is 43.7. The highest BCUT2D eigenvalue weighted by molar-refractivity contribution is 5.76. The number of carbonyl (C=O) groups excluding carboxylic acids is 1. The molecule has 0 aromatic rings. The van der Waals surface area contributed by atoms with Gasteiger partial charge in [-0.2, -0.15) is 0 Å². The van der Waals surface area contributed by atoms with Crippen molar-refractivity contribution in [1.82, 2.24) is 5.32 Å². The minimum Gasteiger partial charge on any atom is -0.394 e. The fourth-order valence-corrected chi connectivity index (χ4v) is 14.9. The molecule has 3 heterocycles. The molecule has 17 unspecified atom stereocenters. The van der Waals surface area contributed by atoms with Crippen LogP contribution in [0, 0.1) is 0 Å². The van der Waals surface area contributed by atoms with Gasteiger partial charge in [0.15, 0.2) is 18.9 Å². The van der Waals surface area contributed by atoms with Crippen molar-refractivity contribution >= 4 is 5.91 Å². The molecule has 0 aromatic heterocycles. The van der Waals surface area contributed by atoms with Crippen LogP contribution >= 0.6 is 0 Å². The van der Waals surface area contributed by atoms with Crippen LogP contribution < -0.4 is 5.32 Å². The molecule has 0 bridgehead atoms. The molecule has 19 heteroatoms. The zero-order valence-electron chi connectivity index (χ0n) is 66.5. The Balaban J connectivity index is 1.32. The summed E-state index contributed by atoms with van der Waals surface area (Å²) in [6.45, 7) is 1.77. The van der Waals surface area contributed by atoms with E-state index >= 15 is 0 Å². The Morgan fingerprint density at radius 3 is 0.952 bits per heavy atom. The zero-order chi connectivity index (χ0) is 76.0. The Labute approximate surface area is 638 Å². The van der Waals surface area contributed by atoms with Crippen LogP contribution in [-0.4, -0.2) is 193 Å². The number of nitrogens with one attached hydrogen (secondary N) is 1. The molecule has 3 aliphatic rings. The summed E-state index contributed by atoms with van der Waals surface area (Å²) < 4.78 is 34.5. The van der Waals surface area contributed by atoms with Crippen molar-refractivity contribution in [3.8, 4) is 0 Å². The molecule has 3 aliphatic heterocycles. The Hall–Kier alpha value is -1.99. The van der Waals surface area contributed by atoms with Gasteiger partial charge in [0.1, 0.15) is 73.2 Å². The number of ether oxygens (including phenoxy) is 6. The molecule has 0 aliphatic carbocycles. The Morgan fingerprint density at radius 1 is 0.333 bits per heavy atom. The van der Waals surface area contributed by atoms with E-state index in [9.17, 15) is 61.0 Å². The fourth-order valence-electron chi connectivity index (χ4n) is 14.9. The van der Waals surface area contributed by atoms with Crippen molar-refractivity contribution in [2.24, 2.45) is 0 Å². The molecule has 0 spiro atoms. The van der Waals surface area contributed by atoms with Gasteiger partial charge in [-0.3, -0.25) is 4.79 Å². The van der Waals surface area contributed by atoms with Crippen molar-refractivity contribution in [3.63, 3.8) is 0 Å². The van der Waals surface area contributed by atoms with Crippen LogP contribution in [0.5, 0.6) is 0 Å². The van der Waals surface area contributed by atoms with Crippen molar-refractivity contribution in [1.29, 1.82) is 0 Å². The third-order valence-electron chi connectivity index (χ3n) is 21.9. The van der Waals surface area contributed by atoms with E-state index < -0.39 is 124 Å². The highest BCUT2D eigenvalue weighted by Gasteiger charge is 2.54. The van der Waals surface area contributed by atoms with Gasteiger partial charge in [0.05, 0.1) is 38.6 Å². The fraction of sp³-hybridized carbons (Fsp3) is 0.919. The first kappa shape index (κ1) is 97.2. The lowest BCUT2D eigenvalue weighted by molar-refractivity contribution is -0.379. The van der Waals surface area contributed by atoms with Crippen LogP contribution in [0.1, 0.15) is 373 Å². The van der Waals surface area contributed by atoms with Gasteiger partial charge in [-0.15, -0.1) is 0 Å². The molecule has 0 aromatic carbocycles. The predicted molar refractivity (Wildman–Crippen MR) is 420 cm³/mol. The van der Waals surface area contributed by atoms with E-state index in [1.165, 1.54) is 295 Å². The lowest BCUT2D eigenvalue weighted by atomic mass is 9.96. The summed E-state index contributed by atoms with van der Waals surface area (Å²) in [6.07, 6.45) is 57.4. The molecule has 1 amide bonds. The lowest BCUT2D eigenvalue weighted by Crippen LogP contribution is -2.66. The maximum absolute atomic E-state index is 13.5. The Bertz CT molecular complexity index is 2030. The minimum atomic E-state index is -1.98. The smallest absolute Gasteiger partial charge is 0.220 e. The van der Waals surface area contributed by atoms with Crippen LogP contribution in [0.15, 0.2) is 36.5 Å². The Kier molecular flexibility index (Phi) is 61.7. The molecule has 3 rings (SSSR count). The van der Waals surface area contributed by atoms with Crippen molar-refractivity contribution < 1.29 is 89.4 Å². The molecular formula is C86H161NO18. The average molecular weight is 1500 g/mol. The minimum absolute atomic E-state index is 0.237. The number of rotatable bonds is 71. The highest BCUT2D eigenvalue weighted by Crippen LogP contribution is 2.33. The van der Waals surface area contributed by atoms with Gasteiger partial charge in [-0.25, -0.2) is 0 Å². The summed E-state index contributed by atoms with van der Waals surface area (Å²) >= 11 is 0. The summed E-state index contributed by atoms with van der Waals surface area (Å²) in [5.41, 5.74) is 0. The second kappa shape index (κ2) is 66.6. The number of amides is 1. The average Bonchev–Trinajstić information content (AvgIpc) is 0.781. The summed E-state index contributed by atoms with van der Waals surface area (Å²) in [5.74, 6) is -0.282. The predicted octanol–water partition coefficient (Wildman–Crippen LogP) is 15.9. The van der Waals surface area contributed by atoms with E-state index in [4.69, 9.17) is 28.4 Å². The molecular weight excluding hydrogens is 1330 g/mol. The maximum Gasteiger partial charge on any atom is 0.220 e. The Morgan fingerprint density at radius 2 is 0.610 bits per heavy atom.